The fourth-order valence-corrected chi connectivity index (χ4v) is 2.33. The van der Waals surface area contributed by atoms with Crippen molar-refractivity contribution in [2.75, 3.05) is 0 Å². The molecule has 2 heterocycles. The molecule has 0 aliphatic carbocycles. The van der Waals surface area contributed by atoms with Crippen molar-refractivity contribution in [1.82, 2.24) is 20.2 Å². The van der Waals surface area contributed by atoms with E-state index in [4.69, 9.17) is 0 Å². The van der Waals surface area contributed by atoms with Crippen LogP contribution in [0.1, 0.15) is 38.9 Å². The number of hydrogen-bond acceptors (Lipinski definition) is 3. The summed E-state index contributed by atoms with van der Waals surface area (Å²) in [5, 5.41) is 9.76. The van der Waals surface area contributed by atoms with E-state index < -0.39 is 0 Å². The number of H-pyrrole nitrogens is 1. The summed E-state index contributed by atoms with van der Waals surface area (Å²) >= 11 is 0. The SMILES string of the molecule is CCC(C)C(C)c1nnc2c(n1)[nH]c1ccccc12. The third kappa shape index (κ3) is 1.97. The fraction of sp³-hybridized carbons (Fsp3) is 0.400. The van der Waals surface area contributed by atoms with Crippen LogP contribution in [-0.4, -0.2) is 20.2 Å². The van der Waals surface area contributed by atoms with E-state index in [1.54, 1.807) is 0 Å². The Hall–Kier alpha value is -1.97. The average Bonchev–Trinajstić information content (AvgIpc) is 2.83. The number of rotatable bonds is 3. The predicted molar refractivity (Wildman–Crippen MR) is 77.1 cm³/mol. The third-order valence-corrected chi connectivity index (χ3v) is 4.04. The maximum Gasteiger partial charge on any atom is 0.161 e. The van der Waals surface area contributed by atoms with Crippen molar-refractivity contribution in [3.8, 4) is 0 Å². The zero-order valence-electron chi connectivity index (χ0n) is 11.5. The van der Waals surface area contributed by atoms with Crippen molar-refractivity contribution >= 4 is 22.1 Å². The molecule has 19 heavy (non-hydrogen) atoms. The van der Waals surface area contributed by atoms with E-state index in [9.17, 15) is 0 Å². The Morgan fingerprint density at radius 3 is 2.74 bits per heavy atom. The Morgan fingerprint density at radius 2 is 1.95 bits per heavy atom. The number of fused-ring (bicyclic) bond motifs is 3. The first-order valence-electron chi connectivity index (χ1n) is 6.81. The van der Waals surface area contributed by atoms with Crippen LogP contribution >= 0.6 is 0 Å². The zero-order chi connectivity index (χ0) is 13.4. The van der Waals surface area contributed by atoms with E-state index >= 15 is 0 Å². The largest absolute Gasteiger partial charge is 0.338 e. The van der Waals surface area contributed by atoms with Gasteiger partial charge in [0.25, 0.3) is 0 Å². The number of nitrogens with one attached hydrogen (secondary N) is 1. The summed E-state index contributed by atoms with van der Waals surface area (Å²) in [7, 11) is 0. The van der Waals surface area contributed by atoms with Gasteiger partial charge in [0.15, 0.2) is 11.5 Å². The number of aromatic nitrogens is 4. The highest BCUT2D eigenvalue weighted by molar-refractivity contribution is 6.02. The monoisotopic (exact) mass is 254 g/mol. The van der Waals surface area contributed by atoms with E-state index in [0.717, 1.165) is 34.3 Å². The first kappa shape index (κ1) is 12.1. The summed E-state index contributed by atoms with van der Waals surface area (Å²) in [6.07, 6.45) is 1.12. The molecule has 4 nitrogen and oxygen atoms in total. The first-order chi connectivity index (χ1) is 9.20. The van der Waals surface area contributed by atoms with Crippen LogP contribution in [-0.2, 0) is 0 Å². The smallest absolute Gasteiger partial charge is 0.161 e. The highest BCUT2D eigenvalue weighted by Crippen LogP contribution is 2.26. The maximum atomic E-state index is 4.65. The molecule has 4 heteroatoms. The standard InChI is InChI=1S/C15H18N4/c1-4-9(2)10(3)14-17-15-13(18-19-14)11-7-5-6-8-12(11)16-15/h5-10H,4H2,1-3H3,(H,16,17,19). The van der Waals surface area contributed by atoms with Crippen LogP contribution in [0.3, 0.4) is 0 Å². The molecule has 0 saturated heterocycles. The molecule has 0 fully saturated rings. The van der Waals surface area contributed by atoms with Crippen molar-refractivity contribution in [3.63, 3.8) is 0 Å². The highest BCUT2D eigenvalue weighted by Gasteiger charge is 2.17. The molecule has 2 aromatic heterocycles. The summed E-state index contributed by atoms with van der Waals surface area (Å²) < 4.78 is 0. The second-order valence-electron chi connectivity index (χ2n) is 5.21. The lowest BCUT2D eigenvalue weighted by atomic mass is 9.93. The third-order valence-electron chi connectivity index (χ3n) is 4.04. The number of para-hydroxylation sites is 1. The van der Waals surface area contributed by atoms with E-state index in [-0.39, 0.29) is 0 Å². The molecule has 98 valence electrons. The highest BCUT2D eigenvalue weighted by atomic mass is 15.2. The molecule has 0 radical (unpaired) electrons. The summed E-state index contributed by atoms with van der Waals surface area (Å²) in [5.74, 6) is 1.71. The average molecular weight is 254 g/mol. The van der Waals surface area contributed by atoms with E-state index in [1.165, 1.54) is 0 Å². The second-order valence-corrected chi connectivity index (χ2v) is 5.21. The van der Waals surface area contributed by atoms with Gasteiger partial charge < -0.3 is 4.98 Å². The van der Waals surface area contributed by atoms with Crippen LogP contribution in [0.15, 0.2) is 24.3 Å². The Kier molecular flexibility index (Phi) is 2.93. The van der Waals surface area contributed by atoms with Gasteiger partial charge in [-0.05, 0) is 12.0 Å². The zero-order valence-corrected chi connectivity index (χ0v) is 11.5. The summed E-state index contributed by atoms with van der Waals surface area (Å²) in [5.41, 5.74) is 2.75. The number of hydrogen-bond donors (Lipinski definition) is 1. The quantitative estimate of drug-likeness (QED) is 0.776. The summed E-state index contributed by atoms with van der Waals surface area (Å²) in [4.78, 5) is 7.97. The molecule has 2 unspecified atom stereocenters. The molecular formula is C15H18N4. The van der Waals surface area contributed by atoms with Crippen molar-refractivity contribution < 1.29 is 0 Å². The lowest BCUT2D eigenvalue weighted by Crippen LogP contribution is -2.10. The van der Waals surface area contributed by atoms with E-state index in [2.05, 4.69) is 40.9 Å². The van der Waals surface area contributed by atoms with Gasteiger partial charge in [0, 0.05) is 16.8 Å². The molecular weight excluding hydrogens is 236 g/mol. The van der Waals surface area contributed by atoms with Crippen LogP contribution in [0.5, 0.6) is 0 Å². The van der Waals surface area contributed by atoms with Crippen LogP contribution in [0.25, 0.3) is 22.1 Å². The Bertz CT molecular complexity index is 716. The molecule has 0 saturated carbocycles. The minimum atomic E-state index is 0.327. The predicted octanol–water partition coefficient (Wildman–Crippen LogP) is 3.66. The van der Waals surface area contributed by atoms with Gasteiger partial charge in [-0.2, -0.15) is 0 Å². The number of aromatic amines is 1. The lowest BCUT2D eigenvalue weighted by molar-refractivity contribution is 0.452. The molecule has 0 bridgehead atoms. The number of benzene rings is 1. The maximum absolute atomic E-state index is 4.65. The molecule has 1 N–H and O–H groups in total. The molecule has 3 aromatic rings. The minimum absolute atomic E-state index is 0.327. The van der Waals surface area contributed by atoms with Gasteiger partial charge in [-0.3, -0.25) is 0 Å². The van der Waals surface area contributed by atoms with E-state index in [1.807, 2.05) is 24.3 Å². The molecule has 0 aliphatic heterocycles. The van der Waals surface area contributed by atoms with Crippen molar-refractivity contribution in [2.24, 2.45) is 5.92 Å². The van der Waals surface area contributed by atoms with Gasteiger partial charge in [0.05, 0.1) is 0 Å². The minimum Gasteiger partial charge on any atom is -0.338 e. The Balaban J connectivity index is 2.13. The van der Waals surface area contributed by atoms with Gasteiger partial charge in [0.2, 0.25) is 0 Å². The first-order valence-corrected chi connectivity index (χ1v) is 6.81. The van der Waals surface area contributed by atoms with Gasteiger partial charge >= 0.3 is 0 Å². The van der Waals surface area contributed by atoms with Crippen molar-refractivity contribution in [3.05, 3.63) is 30.1 Å². The van der Waals surface area contributed by atoms with Crippen molar-refractivity contribution in [1.29, 1.82) is 0 Å². The molecule has 0 aliphatic rings. The van der Waals surface area contributed by atoms with Crippen LogP contribution in [0, 0.1) is 5.92 Å². The second kappa shape index (κ2) is 4.61. The Morgan fingerprint density at radius 1 is 1.16 bits per heavy atom. The summed E-state index contributed by atoms with van der Waals surface area (Å²) in [6, 6.07) is 8.10. The van der Waals surface area contributed by atoms with Gasteiger partial charge in [-0.15, -0.1) is 10.2 Å². The normalized spacial score (nSPS) is 14.9. The van der Waals surface area contributed by atoms with Gasteiger partial charge in [-0.1, -0.05) is 45.4 Å². The van der Waals surface area contributed by atoms with Gasteiger partial charge in [-0.25, -0.2) is 4.98 Å². The fourth-order valence-electron chi connectivity index (χ4n) is 2.33. The molecule has 3 rings (SSSR count). The summed E-state index contributed by atoms with van der Waals surface area (Å²) in [6.45, 7) is 6.58. The van der Waals surface area contributed by atoms with Crippen LogP contribution in [0.2, 0.25) is 0 Å². The molecule has 0 spiro atoms. The Labute approximate surface area is 112 Å². The van der Waals surface area contributed by atoms with Crippen LogP contribution < -0.4 is 0 Å². The molecule has 2 atom stereocenters. The van der Waals surface area contributed by atoms with Crippen molar-refractivity contribution in [2.45, 2.75) is 33.1 Å². The number of nitrogens with zero attached hydrogens (tertiary/aromatic N) is 3. The lowest BCUT2D eigenvalue weighted by Gasteiger charge is -2.15. The van der Waals surface area contributed by atoms with Crippen LogP contribution in [0.4, 0.5) is 0 Å². The van der Waals surface area contributed by atoms with E-state index in [0.29, 0.717) is 11.8 Å². The molecule has 1 aromatic carbocycles. The van der Waals surface area contributed by atoms with Gasteiger partial charge in [0.1, 0.15) is 5.52 Å². The topological polar surface area (TPSA) is 54.5 Å². The molecule has 0 amide bonds.